The number of rotatable bonds is 3. The molecule has 0 bridgehead atoms. The van der Waals surface area contributed by atoms with Crippen LogP contribution >= 0.6 is 0 Å². The number of hydrogen-bond donors (Lipinski definition) is 0. The van der Waals surface area contributed by atoms with E-state index in [1.807, 2.05) is 0 Å². The average molecular weight is 246 g/mol. The Kier molecular flexibility index (Phi) is 3.78. The van der Waals surface area contributed by atoms with Gasteiger partial charge in [-0.15, -0.1) is 13.2 Å². The molecule has 1 rings (SSSR count). The van der Waals surface area contributed by atoms with Crippen LogP contribution in [0, 0.1) is 18.3 Å². The molecule has 0 aliphatic rings. The van der Waals surface area contributed by atoms with E-state index in [9.17, 15) is 13.2 Å². The molecular weight excluding hydrogens is 237 g/mol. The van der Waals surface area contributed by atoms with E-state index < -0.39 is 12.1 Å². The second-order valence-electron chi connectivity index (χ2n) is 3.13. The van der Waals surface area contributed by atoms with Gasteiger partial charge in [0.05, 0.1) is 25.2 Å². The summed E-state index contributed by atoms with van der Waals surface area (Å²) in [7, 11) is 1.29. The van der Waals surface area contributed by atoms with Crippen LogP contribution in [0.2, 0.25) is 0 Å². The highest BCUT2D eigenvalue weighted by atomic mass is 19.4. The van der Waals surface area contributed by atoms with E-state index in [4.69, 9.17) is 10.00 Å². The van der Waals surface area contributed by atoms with Crippen LogP contribution in [0.15, 0.2) is 6.20 Å². The van der Waals surface area contributed by atoms with Crippen molar-refractivity contribution in [2.24, 2.45) is 0 Å². The van der Waals surface area contributed by atoms with E-state index in [2.05, 4.69) is 9.72 Å². The molecular formula is C10H9F3N2O2. The number of aromatic nitrogens is 1. The Morgan fingerprint density at radius 3 is 2.59 bits per heavy atom. The highest BCUT2D eigenvalue weighted by molar-refractivity contribution is 5.45. The molecule has 0 spiro atoms. The standard InChI is InChI=1S/C10H9F3N2O2/c1-6-8(17-10(11,12)13)7(3-4-14)5-15-9(6)16-2/h5H,3H2,1-2H3. The maximum Gasteiger partial charge on any atom is 0.573 e. The van der Waals surface area contributed by atoms with Gasteiger partial charge in [-0.1, -0.05) is 0 Å². The summed E-state index contributed by atoms with van der Waals surface area (Å²) in [4.78, 5) is 3.79. The number of nitriles is 1. The molecule has 1 aromatic heterocycles. The van der Waals surface area contributed by atoms with Gasteiger partial charge in [0.2, 0.25) is 5.88 Å². The summed E-state index contributed by atoms with van der Waals surface area (Å²) in [6, 6.07) is 1.75. The van der Waals surface area contributed by atoms with E-state index in [0.717, 1.165) is 6.20 Å². The highest BCUT2D eigenvalue weighted by Gasteiger charge is 2.33. The molecule has 0 N–H and O–H groups in total. The van der Waals surface area contributed by atoms with E-state index in [-0.39, 0.29) is 23.4 Å². The van der Waals surface area contributed by atoms with Crippen molar-refractivity contribution in [3.05, 3.63) is 17.3 Å². The molecule has 0 radical (unpaired) electrons. The molecule has 0 unspecified atom stereocenters. The molecule has 0 aromatic carbocycles. The van der Waals surface area contributed by atoms with Gasteiger partial charge in [0.1, 0.15) is 5.75 Å². The molecule has 1 heterocycles. The number of halogens is 3. The minimum atomic E-state index is -4.82. The monoisotopic (exact) mass is 246 g/mol. The molecule has 0 amide bonds. The van der Waals surface area contributed by atoms with E-state index in [1.165, 1.54) is 14.0 Å². The Morgan fingerprint density at radius 2 is 2.12 bits per heavy atom. The van der Waals surface area contributed by atoms with Crippen molar-refractivity contribution in [1.82, 2.24) is 4.98 Å². The minimum absolute atomic E-state index is 0.0333. The van der Waals surface area contributed by atoms with Crippen molar-refractivity contribution in [3.8, 4) is 17.7 Å². The summed E-state index contributed by atoms with van der Waals surface area (Å²) >= 11 is 0. The summed E-state index contributed by atoms with van der Waals surface area (Å²) in [5.74, 6) is -0.392. The van der Waals surface area contributed by atoms with E-state index in [0.29, 0.717) is 0 Å². The SMILES string of the molecule is COc1ncc(CC#N)c(OC(F)(F)F)c1C. The maximum atomic E-state index is 12.2. The van der Waals surface area contributed by atoms with Crippen LogP contribution in [0.25, 0.3) is 0 Å². The molecule has 0 aliphatic heterocycles. The van der Waals surface area contributed by atoms with Gasteiger partial charge >= 0.3 is 6.36 Å². The largest absolute Gasteiger partial charge is 0.573 e. The number of ether oxygens (including phenoxy) is 2. The molecule has 0 saturated heterocycles. The second kappa shape index (κ2) is 4.91. The summed E-state index contributed by atoms with van der Waals surface area (Å²) in [6.45, 7) is 1.38. The molecule has 92 valence electrons. The van der Waals surface area contributed by atoms with Crippen molar-refractivity contribution < 1.29 is 22.6 Å². The Labute approximate surface area is 95.6 Å². The number of nitrogens with zero attached hydrogens (tertiary/aromatic N) is 2. The quantitative estimate of drug-likeness (QED) is 0.821. The second-order valence-corrected chi connectivity index (χ2v) is 3.13. The zero-order valence-electron chi connectivity index (χ0n) is 9.13. The van der Waals surface area contributed by atoms with Crippen molar-refractivity contribution in [3.63, 3.8) is 0 Å². The maximum absolute atomic E-state index is 12.2. The van der Waals surface area contributed by atoms with Crippen molar-refractivity contribution in [1.29, 1.82) is 5.26 Å². The van der Waals surface area contributed by atoms with Gasteiger partial charge in [0.15, 0.2) is 0 Å². The van der Waals surface area contributed by atoms with Crippen LogP contribution in [-0.2, 0) is 6.42 Å². The van der Waals surface area contributed by atoms with Crippen LogP contribution in [0.5, 0.6) is 11.6 Å². The lowest BCUT2D eigenvalue weighted by molar-refractivity contribution is -0.275. The molecule has 0 saturated carbocycles. The first kappa shape index (κ1) is 13.1. The van der Waals surface area contributed by atoms with Crippen LogP contribution in [0.4, 0.5) is 13.2 Å². The normalized spacial score (nSPS) is 10.8. The summed E-state index contributed by atoms with van der Waals surface area (Å²) in [6.07, 6.45) is -3.90. The van der Waals surface area contributed by atoms with Gasteiger partial charge in [-0.25, -0.2) is 4.98 Å². The lowest BCUT2D eigenvalue weighted by atomic mass is 10.1. The van der Waals surface area contributed by atoms with Crippen LogP contribution in [0.3, 0.4) is 0 Å². The van der Waals surface area contributed by atoms with Crippen LogP contribution in [0.1, 0.15) is 11.1 Å². The van der Waals surface area contributed by atoms with Gasteiger partial charge in [-0.3, -0.25) is 0 Å². The fourth-order valence-electron chi connectivity index (χ4n) is 1.30. The summed E-state index contributed by atoms with van der Waals surface area (Å²) < 4.78 is 45.3. The molecule has 0 atom stereocenters. The zero-order chi connectivity index (χ0) is 13.1. The number of alkyl halides is 3. The van der Waals surface area contributed by atoms with E-state index >= 15 is 0 Å². The number of methoxy groups -OCH3 is 1. The van der Waals surface area contributed by atoms with Crippen molar-refractivity contribution in [2.45, 2.75) is 19.7 Å². The molecule has 17 heavy (non-hydrogen) atoms. The Bertz CT molecular complexity index is 452. The van der Waals surface area contributed by atoms with Gasteiger partial charge < -0.3 is 9.47 Å². The first-order valence-electron chi connectivity index (χ1n) is 4.54. The van der Waals surface area contributed by atoms with Gasteiger partial charge in [-0.05, 0) is 6.92 Å². The highest BCUT2D eigenvalue weighted by Crippen LogP contribution is 2.33. The fraction of sp³-hybridized carbons (Fsp3) is 0.400. The lowest BCUT2D eigenvalue weighted by Crippen LogP contribution is -2.19. The van der Waals surface area contributed by atoms with Gasteiger partial charge in [-0.2, -0.15) is 5.26 Å². The number of pyridine rings is 1. The molecule has 1 aromatic rings. The predicted octanol–water partition coefficient (Wildman–Crippen LogP) is 2.36. The third-order valence-electron chi connectivity index (χ3n) is 1.97. The van der Waals surface area contributed by atoms with Crippen LogP contribution in [-0.4, -0.2) is 18.5 Å². The first-order chi connectivity index (χ1) is 7.89. The number of hydrogen-bond acceptors (Lipinski definition) is 4. The molecule has 0 fully saturated rings. The third-order valence-corrected chi connectivity index (χ3v) is 1.97. The molecule has 0 aliphatic carbocycles. The van der Waals surface area contributed by atoms with Crippen molar-refractivity contribution in [2.75, 3.05) is 7.11 Å². The predicted molar refractivity (Wildman–Crippen MR) is 51.5 cm³/mol. The molecule has 7 heteroatoms. The molecule has 4 nitrogen and oxygen atoms in total. The van der Waals surface area contributed by atoms with E-state index in [1.54, 1.807) is 6.07 Å². The smallest absolute Gasteiger partial charge is 0.481 e. The van der Waals surface area contributed by atoms with Gasteiger partial charge in [0.25, 0.3) is 0 Å². The third kappa shape index (κ3) is 3.24. The average Bonchev–Trinajstić information content (AvgIpc) is 2.22. The lowest BCUT2D eigenvalue weighted by Gasteiger charge is -2.15. The Hall–Kier alpha value is -1.97. The fourth-order valence-corrected chi connectivity index (χ4v) is 1.30. The van der Waals surface area contributed by atoms with Crippen molar-refractivity contribution >= 4 is 0 Å². The first-order valence-corrected chi connectivity index (χ1v) is 4.54. The summed E-state index contributed by atoms with van der Waals surface area (Å²) in [5.41, 5.74) is 0.181. The van der Waals surface area contributed by atoms with Crippen LogP contribution < -0.4 is 9.47 Å². The van der Waals surface area contributed by atoms with Gasteiger partial charge in [0, 0.05) is 11.8 Å². The Morgan fingerprint density at radius 1 is 1.47 bits per heavy atom. The summed E-state index contributed by atoms with van der Waals surface area (Å²) in [5, 5.41) is 8.51. The zero-order valence-corrected chi connectivity index (χ0v) is 9.13. The topological polar surface area (TPSA) is 55.1 Å². The minimum Gasteiger partial charge on any atom is -0.481 e. The Balaban J connectivity index is 3.25.